The molecule has 1 saturated heterocycles. The first kappa shape index (κ1) is 8.00. The standard InChI is InChI=1S/C8H15BOS/c1-2-9-10-7-5-3-4-6-8(7)11-9/h7-8H,2-6H2,1H3. The molecule has 1 heterocycles. The van der Waals surface area contributed by atoms with Crippen molar-refractivity contribution in [1.29, 1.82) is 0 Å². The van der Waals surface area contributed by atoms with E-state index in [2.05, 4.69) is 18.5 Å². The van der Waals surface area contributed by atoms with Crippen molar-refractivity contribution in [2.75, 3.05) is 0 Å². The molecule has 0 bridgehead atoms. The van der Waals surface area contributed by atoms with Crippen molar-refractivity contribution >= 4 is 17.8 Å². The Labute approximate surface area is 73.3 Å². The second kappa shape index (κ2) is 3.40. The molecule has 0 radical (unpaired) electrons. The fraction of sp³-hybridized carbons (Fsp3) is 1.00. The third kappa shape index (κ3) is 1.59. The summed E-state index contributed by atoms with van der Waals surface area (Å²) in [4.78, 5) is 0. The highest BCUT2D eigenvalue weighted by Gasteiger charge is 2.38. The second-order valence-electron chi connectivity index (χ2n) is 3.47. The van der Waals surface area contributed by atoms with Gasteiger partial charge in [0, 0.05) is 5.25 Å². The van der Waals surface area contributed by atoms with Crippen molar-refractivity contribution in [2.24, 2.45) is 0 Å². The normalized spacial score (nSPS) is 37.4. The monoisotopic (exact) mass is 170 g/mol. The van der Waals surface area contributed by atoms with Gasteiger partial charge in [0.05, 0.1) is 6.10 Å². The van der Waals surface area contributed by atoms with Crippen LogP contribution < -0.4 is 0 Å². The van der Waals surface area contributed by atoms with Gasteiger partial charge < -0.3 is 4.65 Å². The fourth-order valence-corrected chi connectivity index (χ4v) is 3.46. The Morgan fingerprint density at radius 3 is 3.00 bits per heavy atom. The molecule has 2 unspecified atom stereocenters. The molecule has 0 aromatic rings. The number of hydrogen-bond donors (Lipinski definition) is 0. The first-order chi connectivity index (χ1) is 5.40. The van der Waals surface area contributed by atoms with Gasteiger partial charge in [0.15, 0.2) is 0 Å². The predicted molar refractivity (Wildman–Crippen MR) is 51.0 cm³/mol. The zero-order chi connectivity index (χ0) is 7.68. The molecule has 0 N–H and O–H groups in total. The highest BCUT2D eigenvalue weighted by atomic mass is 32.2. The lowest BCUT2D eigenvalue weighted by atomic mass is 9.92. The van der Waals surface area contributed by atoms with Crippen molar-refractivity contribution in [3.8, 4) is 0 Å². The van der Waals surface area contributed by atoms with E-state index in [1.165, 1.54) is 32.0 Å². The van der Waals surface area contributed by atoms with Gasteiger partial charge in [-0.15, -0.1) is 0 Å². The summed E-state index contributed by atoms with van der Waals surface area (Å²) in [6, 6.07) is 0. The summed E-state index contributed by atoms with van der Waals surface area (Å²) in [5.74, 6) is 0. The Hall–Kier alpha value is 0.375. The summed E-state index contributed by atoms with van der Waals surface area (Å²) in [7, 11) is 0. The molecule has 0 amide bonds. The molecule has 1 saturated carbocycles. The maximum absolute atomic E-state index is 5.88. The highest BCUT2D eigenvalue weighted by Crippen LogP contribution is 2.39. The lowest BCUT2D eigenvalue weighted by molar-refractivity contribution is 0.177. The van der Waals surface area contributed by atoms with E-state index in [1.807, 2.05) is 0 Å². The average Bonchev–Trinajstić information content (AvgIpc) is 2.46. The summed E-state index contributed by atoms with van der Waals surface area (Å²) in [5, 5.41) is 0.841. The van der Waals surface area contributed by atoms with E-state index >= 15 is 0 Å². The van der Waals surface area contributed by atoms with Crippen molar-refractivity contribution in [3.05, 3.63) is 0 Å². The largest absolute Gasteiger partial charge is 0.422 e. The Bertz CT molecular complexity index is 128. The molecule has 11 heavy (non-hydrogen) atoms. The van der Waals surface area contributed by atoms with Gasteiger partial charge in [-0.3, -0.25) is 0 Å². The van der Waals surface area contributed by atoms with Crippen LogP contribution in [0.15, 0.2) is 0 Å². The Morgan fingerprint density at radius 2 is 2.27 bits per heavy atom. The molecule has 0 aromatic carbocycles. The summed E-state index contributed by atoms with van der Waals surface area (Å²) >= 11 is 2.07. The van der Waals surface area contributed by atoms with Crippen molar-refractivity contribution in [2.45, 2.75) is 50.3 Å². The van der Waals surface area contributed by atoms with Crippen molar-refractivity contribution < 1.29 is 4.65 Å². The van der Waals surface area contributed by atoms with E-state index in [0.717, 1.165) is 5.25 Å². The molecule has 1 nitrogen and oxygen atoms in total. The van der Waals surface area contributed by atoms with E-state index in [4.69, 9.17) is 4.65 Å². The Morgan fingerprint density at radius 1 is 1.45 bits per heavy atom. The van der Waals surface area contributed by atoms with Crippen molar-refractivity contribution in [1.82, 2.24) is 0 Å². The fourth-order valence-electron chi connectivity index (χ4n) is 1.99. The summed E-state index contributed by atoms with van der Waals surface area (Å²) in [5.41, 5.74) is 0. The maximum Gasteiger partial charge on any atom is 0.361 e. The molecular formula is C8H15BOS. The third-order valence-corrected chi connectivity index (χ3v) is 4.27. The third-order valence-electron chi connectivity index (χ3n) is 2.63. The molecule has 2 fully saturated rings. The van der Waals surface area contributed by atoms with Gasteiger partial charge in [-0.25, -0.2) is 0 Å². The molecule has 62 valence electrons. The van der Waals surface area contributed by atoms with Gasteiger partial charge in [0.1, 0.15) is 0 Å². The molecule has 3 heteroatoms. The quantitative estimate of drug-likeness (QED) is 0.559. The minimum Gasteiger partial charge on any atom is -0.422 e. The molecule has 1 aliphatic heterocycles. The van der Waals surface area contributed by atoms with Crippen molar-refractivity contribution in [3.63, 3.8) is 0 Å². The van der Waals surface area contributed by atoms with Gasteiger partial charge in [0.2, 0.25) is 0 Å². The summed E-state index contributed by atoms with van der Waals surface area (Å²) < 4.78 is 5.88. The number of rotatable bonds is 1. The SMILES string of the molecule is CCB1OC2CCCCC2S1. The second-order valence-corrected chi connectivity index (χ2v) is 4.87. The van der Waals surface area contributed by atoms with Crippen LogP contribution in [0.1, 0.15) is 32.6 Å². The molecule has 2 aliphatic rings. The average molecular weight is 170 g/mol. The van der Waals surface area contributed by atoms with Crippen LogP contribution in [0, 0.1) is 0 Å². The van der Waals surface area contributed by atoms with Crippen LogP contribution in [-0.4, -0.2) is 17.5 Å². The van der Waals surface area contributed by atoms with E-state index in [0.29, 0.717) is 12.3 Å². The molecular weight excluding hydrogens is 155 g/mol. The lowest BCUT2D eigenvalue weighted by Gasteiger charge is -2.23. The summed E-state index contributed by atoms with van der Waals surface area (Å²) in [6.45, 7) is 2.22. The van der Waals surface area contributed by atoms with Gasteiger partial charge in [-0.05, 0) is 19.2 Å². The van der Waals surface area contributed by atoms with Crippen LogP contribution in [-0.2, 0) is 4.65 Å². The van der Waals surface area contributed by atoms with E-state index in [-0.39, 0.29) is 0 Å². The highest BCUT2D eigenvalue weighted by molar-refractivity contribution is 8.25. The maximum atomic E-state index is 5.88. The molecule has 2 rings (SSSR count). The van der Waals surface area contributed by atoms with Crippen LogP contribution in [0.3, 0.4) is 0 Å². The van der Waals surface area contributed by atoms with Crippen LogP contribution >= 0.6 is 11.6 Å². The van der Waals surface area contributed by atoms with Gasteiger partial charge in [0.25, 0.3) is 0 Å². The smallest absolute Gasteiger partial charge is 0.361 e. The number of hydrogen-bond acceptors (Lipinski definition) is 2. The molecule has 2 atom stereocenters. The van der Waals surface area contributed by atoms with Gasteiger partial charge >= 0.3 is 6.19 Å². The molecule has 1 aliphatic carbocycles. The van der Waals surface area contributed by atoms with Crippen LogP contribution in [0.2, 0.25) is 6.32 Å². The van der Waals surface area contributed by atoms with E-state index < -0.39 is 0 Å². The first-order valence-corrected chi connectivity index (χ1v) is 5.65. The van der Waals surface area contributed by atoms with E-state index in [1.54, 1.807) is 0 Å². The number of fused-ring (bicyclic) bond motifs is 1. The zero-order valence-corrected chi connectivity index (χ0v) is 7.90. The van der Waals surface area contributed by atoms with E-state index in [9.17, 15) is 0 Å². The Kier molecular flexibility index (Phi) is 2.47. The minimum absolute atomic E-state index is 0.517. The van der Waals surface area contributed by atoms with Crippen LogP contribution in [0.4, 0.5) is 0 Å². The van der Waals surface area contributed by atoms with Gasteiger partial charge in [-0.1, -0.05) is 19.8 Å². The lowest BCUT2D eigenvalue weighted by Crippen LogP contribution is -2.24. The molecule has 0 aromatic heterocycles. The first-order valence-electron chi connectivity index (χ1n) is 4.71. The van der Waals surface area contributed by atoms with Gasteiger partial charge in [-0.2, -0.15) is 11.6 Å². The Balaban J connectivity index is 1.92. The van der Waals surface area contributed by atoms with Crippen LogP contribution in [0.25, 0.3) is 0 Å². The topological polar surface area (TPSA) is 9.23 Å². The zero-order valence-electron chi connectivity index (χ0n) is 7.08. The summed E-state index contributed by atoms with van der Waals surface area (Å²) in [6.07, 6.45) is 7.82. The predicted octanol–water partition coefficient (Wildman–Crippen LogP) is 2.57. The molecule has 0 spiro atoms. The minimum atomic E-state index is 0.517. The van der Waals surface area contributed by atoms with Crippen LogP contribution in [0.5, 0.6) is 0 Å².